The lowest BCUT2D eigenvalue weighted by molar-refractivity contribution is 0.0746. The largest absolute Gasteiger partial charge is 0.368 e. The third kappa shape index (κ3) is 4.85. The van der Waals surface area contributed by atoms with Crippen LogP contribution in [0.3, 0.4) is 0 Å². The molecule has 33 heavy (non-hydrogen) atoms. The van der Waals surface area contributed by atoms with Gasteiger partial charge in [0.15, 0.2) is 0 Å². The Bertz CT molecular complexity index is 1230. The molecule has 1 saturated heterocycles. The van der Waals surface area contributed by atoms with E-state index in [1.807, 2.05) is 54.3 Å². The summed E-state index contributed by atoms with van der Waals surface area (Å²) in [5, 5.41) is 11.5. The summed E-state index contributed by atoms with van der Waals surface area (Å²) in [6.07, 6.45) is 0. The molecule has 1 aliphatic heterocycles. The van der Waals surface area contributed by atoms with Crippen LogP contribution in [-0.2, 0) is 0 Å². The Morgan fingerprint density at radius 2 is 1.64 bits per heavy atom. The van der Waals surface area contributed by atoms with Gasteiger partial charge in [-0.1, -0.05) is 18.2 Å². The van der Waals surface area contributed by atoms with Crippen LogP contribution in [0.2, 0.25) is 0 Å². The molecule has 0 unspecified atom stereocenters. The highest BCUT2D eigenvalue weighted by Crippen LogP contribution is 2.21. The maximum Gasteiger partial charge on any atom is 0.258 e. The number of hydrogen-bond donors (Lipinski definition) is 1. The van der Waals surface area contributed by atoms with Gasteiger partial charge in [-0.25, -0.2) is 4.39 Å². The van der Waals surface area contributed by atoms with Crippen LogP contribution in [0.4, 0.5) is 15.8 Å². The lowest BCUT2D eigenvalue weighted by Crippen LogP contribution is -2.48. The summed E-state index contributed by atoms with van der Waals surface area (Å²) < 4.78 is 14.1. The van der Waals surface area contributed by atoms with E-state index in [1.54, 1.807) is 12.1 Å². The van der Waals surface area contributed by atoms with Gasteiger partial charge in [0.25, 0.3) is 11.8 Å². The van der Waals surface area contributed by atoms with Crippen LogP contribution >= 0.6 is 0 Å². The SMILES string of the molecule is Cc1ccccc1C(=O)N1CCN(c2ccc(NC(=O)c3ccc(C#N)cc3F)cc2)CC1. The zero-order chi connectivity index (χ0) is 23.4. The van der Waals surface area contributed by atoms with E-state index in [0.29, 0.717) is 31.9 Å². The lowest BCUT2D eigenvalue weighted by atomic mass is 10.1. The molecule has 0 aliphatic carbocycles. The Morgan fingerprint density at radius 3 is 2.27 bits per heavy atom. The van der Waals surface area contributed by atoms with Gasteiger partial charge in [0.1, 0.15) is 5.82 Å². The second kappa shape index (κ2) is 9.53. The van der Waals surface area contributed by atoms with Gasteiger partial charge in [-0.2, -0.15) is 5.26 Å². The predicted molar refractivity (Wildman–Crippen MR) is 125 cm³/mol. The zero-order valence-corrected chi connectivity index (χ0v) is 18.2. The van der Waals surface area contributed by atoms with Crippen molar-refractivity contribution in [2.75, 3.05) is 36.4 Å². The predicted octanol–water partition coefficient (Wildman–Crippen LogP) is 4.22. The van der Waals surface area contributed by atoms with E-state index >= 15 is 0 Å². The first-order valence-corrected chi connectivity index (χ1v) is 10.7. The van der Waals surface area contributed by atoms with Crippen LogP contribution in [0.1, 0.15) is 31.8 Å². The second-order valence-corrected chi connectivity index (χ2v) is 7.90. The Kier molecular flexibility index (Phi) is 6.36. The molecular weight excluding hydrogens is 419 g/mol. The highest BCUT2D eigenvalue weighted by molar-refractivity contribution is 6.04. The van der Waals surface area contributed by atoms with Crippen LogP contribution in [0.25, 0.3) is 0 Å². The molecule has 0 atom stereocenters. The van der Waals surface area contributed by atoms with Crippen LogP contribution in [0, 0.1) is 24.1 Å². The first kappa shape index (κ1) is 22.0. The second-order valence-electron chi connectivity index (χ2n) is 7.90. The fourth-order valence-electron chi connectivity index (χ4n) is 3.87. The molecule has 7 heteroatoms. The number of rotatable bonds is 4. The number of amides is 2. The zero-order valence-electron chi connectivity index (χ0n) is 18.2. The van der Waals surface area contributed by atoms with Crippen LogP contribution in [0.15, 0.2) is 66.7 Å². The molecular formula is C26H23FN4O2. The molecule has 0 aromatic heterocycles. The molecule has 166 valence electrons. The summed E-state index contributed by atoms with van der Waals surface area (Å²) in [5.41, 5.74) is 3.29. The van der Waals surface area contributed by atoms with Gasteiger partial charge in [-0.3, -0.25) is 9.59 Å². The molecule has 1 N–H and O–H groups in total. The summed E-state index contributed by atoms with van der Waals surface area (Å²) in [7, 11) is 0. The monoisotopic (exact) mass is 442 g/mol. The average molecular weight is 442 g/mol. The molecule has 1 fully saturated rings. The van der Waals surface area contributed by atoms with Crippen molar-refractivity contribution >= 4 is 23.2 Å². The standard InChI is InChI=1S/C26H23FN4O2/c1-18-4-2-3-5-22(18)26(33)31-14-12-30(13-15-31)21-9-7-20(8-10-21)29-25(32)23-11-6-19(17-28)16-24(23)27/h2-11,16H,12-15H2,1H3,(H,29,32). The number of nitriles is 1. The first-order chi connectivity index (χ1) is 16.0. The van der Waals surface area contributed by atoms with E-state index < -0.39 is 11.7 Å². The topological polar surface area (TPSA) is 76.4 Å². The Labute approximate surface area is 191 Å². The van der Waals surface area contributed by atoms with Gasteiger partial charge >= 0.3 is 0 Å². The number of nitrogens with zero attached hydrogens (tertiary/aromatic N) is 3. The van der Waals surface area contributed by atoms with Crippen molar-refractivity contribution in [1.82, 2.24) is 4.90 Å². The molecule has 0 bridgehead atoms. The van der Waals surface area contributed by atoms with Crippen molar-refractivity contribution in [2.24, 2.45) is 0 Å². The Balaban J connectivity index is 1.35. The molecule has 0 saturated carbocycles. The van der Waals surface area contributed by atoms with Crippen molar-refractivity contribution in [3.63, 3.8) is 0 Å². The van der Waals surface area contributed by atoms with Gasteiger partial charge in [0, 0.05) is 43.1 Å². The van der Waals surface area contributed by atoms with Gasteiger partial charge < -0.3 is 15.1 Å². The van der Waals surface area contributed by atoms with E-state index in [4.69, 9.17) is 5.26 Å². The van der Waals surface area contributed by atoms with Gasteiger partial charge in [0.2, 0.25) is 0 Å². The summed E-state index contributed by atoms with van der Waals surface area (Å²) in [4.78, 5) is 29.3. The van der Waals surface area contributed by atoms with Crippen molar-refractivity contribution in [2.45, 2.75) is 6.92 Å². The fourth-order valence-corrected chi connectivity index (χ4v) is 3.87. The molecule has 4 rings (SSSR count). The van der Waals surface area contributed by atoms with Crippen molar-refractivity contribution in [3.05, 3.63) is 94.8 Å². The van der Waals surface area contributed by atoms with E-state index in [0.717, 1.165) is 22.9 Å². The van der Waals surface area contributed by atoms with Crippen molar-refractivity contribution in [3.8, 4) is 6.07 Å². The fraction of sp³-hybridized carbons (Fsp3) is 0.192. The summed E-state index contributed by atoms with van der Waals surface area (Å²) in [5.74, 6) is -1.25. The summed E-state index contributed by atoms with van der Waals surface area (Å²) in [6.45, 7) is 4.62. The van der Waals surface area contributed by atoms with E-state index in [-0.39, 0.29) is 17.0 Å². The number of anilines is 2. The minimum atomic E-state index is -0.735. The van der Waals surface area contributed by atoms with Crippen LogP contribution < -0.4 is 10.2 Å². The highest BCUT2D eigenvalue weighted by atomic mass is 19.1. The van der Waals surface area contributed by atoms with Crippen LogP contribution in [0.5, 0.6) is 0 Å². The van der Waals surface area contributed by atoms with Crippen molar-refractivity contribution in [1.29, 1.82) is 5.26 Å². The van der Waals surface area contributed by atoms with Crippen LogP contribution in [-0.4, -0.2) is 42.9 Å². The van der Waals surface area contributed by atoms with E-state index in [2.05, 4.69) is 10.2 Å². The highest BCUT2D eigenvalue weighted by Gasteiger charge is 2.23. The first-order valence-electron chi connectivity index (χ1n) is 10.7. The number of carbonyl (C=O) groups is 2. The van der Waals surface area contributed by atoms with Gasteiger partial charge in [-0.15, -0.1) is 0 Å². The van der Waals surface area contributed by atoms with Gasteiger partial charge in [0.05, 0.1) is 17.2 Å². The number of carbonyl (C=O) groups excluding carboxylic acids is 2. The molecule has 0 radical (unpaired) electrons. The van der Waals surface area contributed by atoms with Crippen molar-refractivity contribution < 1.29 is 14.0 Å². The number of benzene rings is 3. The van der Waals surface area contributed by atoms with E-state index in [9.17, 15) is 14.0 Å². The maximum absolute atomic E-state index is 14.1. The Morgan fingerprint density at radius 1 is 0.939 bits per heavy atom. The molecule has 6 nitrogen and oxygen atoms in total. The average Bonchev–Trinajstić information content (AvgIpc) is 2.84. The third-order valence-electron chi connectivity index (χ3n) is 5.78. The minimum Gasteiger partial charge on any atom is -0.368 e. The smallest absolute Gasteiger partial charge is 0.258 e. The summed E-state index contributed by atoms with van der Waals surface area (Å²) in [6, 6.07) is 20.5. The number of nitrogens with one attached hydrogen (secondary N) is 1. The molecule has 2 amide bonds. The molecule has 0 spiro atoms. The summed E-state index contributed by atoms with van der Waals surface area (Å²) >= 11 is 0. The lowest BCUT2D eigenvalue weighted by Gasteiger charge is -2.36. The van der Waals surface area contributed by atoms with E-state index in [1.165, 1.54) is 12.1 Å². The Hall–Kier alpha value is -4.18. The normalized spacial score (nSPS) is 13.4. The minimum absolute atomic E-state index is 0.0563. The third-order valence-corrected chi connectivity index (χ3v) is 5.78. The molecule has 3 aromatic carbocycles. The number of halogens is 1. The number of hydrogen-bond acceptors (Lipinski definition) is 4. The number of aryl methyl sites for hydroxylation is 1. The van der Waals surface area contributed by atoms with Gasteiger partial charge in [-0.05, 0) is 61.0 Å². The molecule has 1 aliphatic rings. The number of piperazine rings is 1. The maximum atomic E-state index is 14.1. The quantitative estimate of drug-likeness (QED) is 0.656. The molecule has 1 heterocycles. The molecule has 3 aromatic rings.